The van der Waals surface area contributed by atoms with Crippen LogP contribution in [-0.2, 0) is 29.0 Å². The molecular weight excluding hydrogens is 280 g/mol. The fourth-order valence-corrected chi connectivity index (χ4v) is 2.55. The molecule has 1 N–H and O–H groups in total. The van der Waals surface area contributed by atoms with Crippen molar-refractivity contribution in [2.45, 2.75) is 25.9 Å². The number of carbonyl (C=O) groups is 1. The van der Waals surface area contributed by atoms with Crippen molar-refractivity contribution in [3.63, 3.8) is 0 Å². The predicted molar refractivity (Wildman–Crippen MR) is 80.9 cm³/mol. The first-order valence-corrected chi connectivity index (χ1v) is 7.59. The number of rotatable bonds is 6. The summed E-state index contributed by atoms with van der Waals surface area (Å²) in [6.45, 7) is 2.40. The van der Waals surface area contributed by atoms with Gasteiger partial charge in [0, 0.05) is 13.2 Å². The molecule has 0 saturated carbocycles. The molecule has 1 fully saturated rings. The molecule has 1 amide bonds. The van der Waals surface area contributed by atoms with E-state index in [1.54, 1.807) is 6.33 Å². The Morgan fingerprint density at radius 1 is 1.36 bits per heavy atom. The van der Waals surface area contributed by atoms with E-state index in [-0.39, 0.29) is 11.8 Å². The lowest BCUT2D eigenvalue weighted by Gasteiger charge is -2.10. The van der Waals surface area contributed by atoms with E-state index in [1.165, 1.54) is 5.56 Å². The Kier molecular flexibility index (Phi) is 4.80. The number of nitrogens with one attached hydrogen (secondary N) is 1. The number of hydrogen-bond acceptors (Lipinski definition) is 4. The highest BCUT2D eigenvalue weighted by molar-refractivity contribution is 5.78. The van der Waals surface area contributed by atoms with E-state index in [1.807, 2.05) is 22.8 Å². The minimum atomic E-state index is -0.0271. The fraction of sp³-hybridized carbons (Fsp3) is 0.438. The average molecular weight is 300 g/mol. The second kappa shape index (κ2) is 7.17. The van der Waals surface area contributed by atoms with Crippen molar-refractivity contribution in [3.8, 4) is 0 Å². The van der Waals surface area contributed by atoms with Gasteiger partial charge < -0.3 is 14.6 Å². The van der Waals surface area contributed by atoms with Crippen molar-refractivity contribution in [2.75, 3.05) is 13.2 Å². The number of carbonyl (C=O) groups excluding carboxylic acids is 1. The number of hydrogen-bond donors (Lipinski definition) is 1. The Labute approximate surface area is 129 Å². The van der Waals surface area contributed by atoms with Crippen molar-refractivity contribution in [3.05, 3.63) is 48.0 Å². The second-order valence-corrected chi connectivity index (χ2v) is 5.45. The van der Waals surface area contributed by atoms with E-state index >= 15 is 0 Å². The smallest absolute Gasteiger partial charge is 0.225 e. The van der Waals surface area contributed by atoms with Crippen LogP contribution < -0.4 is 5.32 Å². The Morgan fingerprint density at radius 2 is 2.23 bits per heavy atom. The fourth-order valence-electron chi connectivity index (χ4n) is 2.55. The number of aryl methyl sites for hydroxylation is 2. The normalized spacial score (nSPS) is 17.5. The number of amides is 1. The molecule has 1 atom stereocenters. The van der Waals surface area contributed by atoms with Gasteiger partial charge in [-0.1, -0.05) is 30.3 Å². The van der Waals surface area contributed by atoms with Crippen molar-refractivity contribution in [2.24, 2.45) is 5.92 Å². The molecule has 6 heteroatoms. The van der Waals surface area contributed by atoms with E-state index in [9.17, 15) is 4.79 Å². The van der Waals surface area contributed by atoms with Crippen molar-refractivity contribution in [1.82, 2.24) is 20.1 Å². The quantitative estimate of drug-likeness (QED) is 0.869. The van der Waals surface area contributed by atoms with Gasteiger partial charge in [0.05, 0.1) is 19.1 Å². The largest absolute Gasteiger partial charge is 0.381 e. The Bertz CT molecular complexity index is 606. The molecule has 0 radical (unpaired) electrons. The van der Waals surface area contributed by atoms with Gasteiger partial charge in [-0.2, -0.15) is 0 Å². The van der Waals surface area contributed by atoms with Gasteiger partial charge in [0.1, 0.15) is 6.33 Å². The molecule has 1 aliphatic rings. The molecule has 0 bridgehead atoms. The summed E-state index contributed by atoms with van der Waals surface area (Å²) in [6, 6.07) is 10.3. The van der Waals surface area contributed by atoms with E-state index < -0.39 is 0 Å². The zero-order chi connectivity index (χ0) is 15.2. The molecule has 22 heavy (non-hydrogen) atoms. The Balaban J connectivity index is 1.52. The molecular formula is C16H20N4O2. The van der Waals surface area contributed by atoms with E-state index in [2.05, 4.69) is 27.6 Å². The predicted octanol–water partition coefficient (Wildman–Crippen LogP) is 1.17. The van der Waals surface area contributed by atoms with Gasteiger partial charge in [-0.3, -0.25) is 4.79 Å². The minimum absolute atomic E-state index is 0.0271. The molecule has 2 aromatic rings. The first kappa shape index (κ1) is 14.7. The van der Waals surface area contributed by atoms with Gasteiger partial charge in [-0.15, -0.1) is 10.2 Å². The van der Waals surface area contributed by atoms with Gasteiger partial charge in [-0.25, -0.2) is 0 Å². The molecule has 2 heterocycles. The molecule has 1 aromatic heterocycles. The molecule has 1 saturated heterocycles. The zero-order valence-corrected chi connectivity index (χ0v) is 12.4. The maximum absolute atomic E-state index is 12.0. The van der Waals surface area contributed by atoms with E-state index in [0.717, 1.165) is 25.2 Å². The molecule has 0 aliphatic carbocycles. The molecule has 0 spiro atoms. The second-order valence-electron chi connectivity index (χ2n) is 5.45. The lowest BCUT2D eigenvalue weighted by Crippen LogP contribution is -2.31. The Hall–Kier alpha value is -2.21. The first-order chi connectivity index (χ1) is 10.8. The van der Waals surface area contributed by atoms with Gasteiger partial charge in [0.15, 0.2) is 5.82 Å². The van der Waals surface area contributed by atoms with Gasteiger partial charge >= 0.3 is 0 Å². The lowest BCUT2D eigenvalue weighted by molar-refractivity contribution is -0.125. The number of benzene rings is 1. The zero-order valence-electron chi connectivity index (χ0n) is 12.4. The summed E-state index contributed by atoms with van der Waals surface area (Å²) < 4.78 is 7.22. The monoisotopic (exact) mass is 300 g/mol. The number of aromatic nitrogens is 3. The molecule has 0 unspecified atom stereocenters. The summed E-state index contributed by atoms with van der Waals surface area (Å²) in [4.78, 5) is 12.0. The third-order valence-electron chi connectivity index (χ3n) is 3.90. The topological polar surface area (TPSA) is 69.0 Å². The maximum atomic E-state index is 12.0. The van der Waals surface area contributed by atoms with Crippen molar-refractivity contribution >= 4 is 5.91 Å². The number of ether oxygens (including phenoxy) is 1. The van der Waals surface area contributed by atoms with Crippen LogP contribution in [0.2, 0.25) is 0 Å². The lowest BCUT2D eigenvalue weighted by atomic mass is 10.1. The van der Waals surface area contributed by atoms with Crippen LogP contribution in [0.5, 0.6) is 0 Å². The average Bonchev–Trinajstić information content (AvgIpc) is 3.23. The highest BCUT2D eigenvalue weighted by Gasteiger charge is 2.23. The standard InChI is InChI=1S/C16H20N4O2/c21-16(14-7-9-22-11-14)17-10-15-19-18-12-20(15)8-6-13-4-2-1-3-5-13/h1-5,12,14H,6-11H2,(H,17,21)/t14-/m0/s1. The summed E-state index contributed by atoms with van der Waals surface area (Å²) in [6.07, 6.45) is 3.42. The van der Waals surface area contributed by atoms with E-state index in [0.29, 0.717) is 19.8 Å². The van der Waals surface area contributed by atoms with Crippen LogP contribution in [0.15, 0.2) is 36.7 Å². The van der Waals surface area contributed by atoms with Crippen LogP contribution in [0.1, 0.15) is 17.8 Å². The molecule has 1 aromatic carbocycles. The minimum Gasteiger partial charge on any atom is -0.381 e. The molecule has 116 valence electrons. The van der Waals surface area contributed by atoms with Crippen LogP contribution in [-0.4, -0.2) is 33.9 Å². The van der Waals surface area contributed by atoms with Crippen LogP contribution in [0.4, 0.5) is 0 Å². The summed E-state index contributed by atoms with van der Waals surface area (Å²) >= 11 is 0. The molecule has 6 nitrogen and oxygen atoms in total. The third kappa shape index (κ3) is 3.71. The van der Waals surface area contributed by atoms with Crippen molar-refractivity contribution in [1.29, 1.82) is 0 Å². The van der Waals surface area contributed by atoms with Crippen LogP contribution >= 0.6 is 0 Å². The van der Waals surface area contributed by atoms with Crippen LogP contribution in [0.25, 0.3) is 0 Å². The molecule has 3 rings (SSSR count). The SMILES string of the molecule is O=C(NCc1nncn1CCc1ccccc1)[C@H]1CCOC1. The summed E-state index contributed by atoms with van der Waals surface area (Å²) in [5, 5.41) is 11.0. The van der Waals surface area contributed by atoms with Gasteiger partial charge in [-0.05, 0) is 18.4 Å². The van der Waals surface area contributed by atoms with Gasteiger partial charge in [0.2, 0.25) is 5.91 Å². The summed E-state index contributed by atoms with van der Waals surface area (Å²) in [5.41, 5.74) is 1.27. The van der Waals surface area contributed by atoms with Crippen LogP contribution in [0.3, 0.4) is 0 Å². The van der Waals surface area contributed by atoms with Crippen molar-refractivity contribution < 1.29 is 9.53 Å². The highest BCUT2D eigenvalue weighted by atomic mass is 16.5. The third-order valence-corrected chi connectivity index (χ3v) is 3.90. The summed E-state index contributed by atoms with van der Waals surface area (Å²) in [5.74, 6) is 0.791. The Morgan fingerprint density at radius 3 is 3.00 bits per heavy atom. The van der Waals surface area contributed by atoms with Crippen LogP contribution in [0, 0.1) is 5.92 Å². The number of nitrogens with zero attached hydrogens (tertiary/aromatic N) is 3. The first-order valence-electron chi connectivity index (χ1n) is 7.59. The summed E-state index contributed by atoms with van der Waals surface area (Å²) in [7, 11) is 0. The molecule has 1 aliphatic heterocycles. The van der Waals surface area contributed by atoms with Gasteiger partial charge in [0.25, 0.3) is 0 Å². The van der Waals surface area contributed by atoms with E-state index in [4.69, 9.17) is 4.74 Å². The highest BCUT2D eigenvalue weighted by Crippen LogP contribution is 2.12. The maximum Gasteiger partial charge on any atom is 0.225 e.